The van der Waals surface area contributed by atoms with Gasteiger partial charge in [-0.3, -0.25) is 0 Å². The van der Waals surface area contributed by atoms with Crippen LogP contribution in [-0.4, -0.2) is 40.8 Å². The van der Waals surface area contributed by atoms with Crippen LogP contribution in [0.5, 0.6) is 0 Å². The first kappa shape index (κ1) is 89.3. The van der Waals surface area contributed by atoms with E-state index in [0.29, 0.717) is 46.9 Å². The normalized spacial score (nSPS) is 12.7. The summed E-state index contributed by atoms with van der Waals surface area (Å²) in [7, 11) is 0. The molecule has 0 fully saturated rings. The molecule has 0 saturated heterocycles. The van der Waals surface area contributed by atoms with Gasteiger partial charge < -0.3 is 32.3 Å². The van der Waals surface area contributed by atoms with E-state index in [-0.39, 0.29) is 13.4 Å². The lowest BCUT2D eigenvalue weighted by Crippen LogP contribution is -2.59. The van der Waals surface area contributed by atoms with Gasteiger partial charge in [-0.15, -0.1) is 0 Å². The lowest BCUT2D eigenvalue weighted by molar-refractivity contribution is 0.812. The van der Waals surface area contributed by atoms with Crippen LogP contribution in [0.3, 0.4) is 0 Å². The molecule has 0 amide bonds. The largest absolute Gasteiger partial charge is 0.311 e. The van der Waals surface area contributed by atoms with Gasteiger partial charge in [0.1, 0.15) is 0 Å². The van der Waals surface area contributed by atoms with Crippen LogP contribution in [0.15, 0.2) is 404 Å². The van der Waals surface area contributed by atoms with Crippen molar-refractivity contribution >= 4 is 217 Å². The summed E-state index contributed by atoms with van der Waals surface area (Å²) in [6, 6.07) is 146. The number of rotatable bonds is 15. The van der Waals surface area contributed by atoms with E-state index in [1.807, 2.05) is 36.0 Å². The number of hydrogen-bond donors (Lipinski definition) is 0. The Balaban J connectivity index is 0.000000149. The first-order chi connectivity index (χ1) is 71.4. The summed E-state index contributed by atoms with van der Waals surface area (Å²) in [5, 5.41) is 14.4. The molecule has 0 unspecified atom stereocenters. The number of anilines is 3. The van der Waals surface area contributed by atoms with Crippen LogP contribution in [-0.2, 0) is 0 Å². The molecule has 2 aliphatic heterocycles. The maximum absolute atomic E-state index is 7.88. The maximum Gasteiger partial charge on any atom is 0.247 e. The monoisotopic (exact) mass is 1900 g/mol. The first-order valence-corrected chi connectivity index (χ1v) is 52.5. The highest BCUT2D eigenvalue weighted by atomic mass is 32.2. The Hall–Kier alpha value is -16.8. The molecule has 2 aliphatic rings. The van der Waals surface area contributed by atoms with E-state index < -0.39 is 0 Å². The van der Waals surface area contributed by atoms with Gasteiger partial charge in [0.15, 0.2) is 11.4 Å². The Kier molecular flexibility index (Phi) is 21.5. The molecule has 25 aromatic rings. The fraction of sp³-hybridized carbons (Fsp3) is 0.134. The van der Waals surface area contributed by atoms with Gasteiger partial charge in [0.25, 0.3) is 0 Å². The molecule has 6 aromatic heterocycles. The summed E-state index contributed by atoms with van der Waals surface area (Å²) >= 11 is 1.91. The standard InChI is InChI=1S/C70H56BN5.C64H51BN4S/c1-43(2)46-40-55(44(3)4)67(56(41-46)45(5)6)71-57-29-17-21-33-62(57)73(48-22-10-8-11-23-48)63-42-51(38-39-58(63)71)76-61-32-20-16-28-54(61)66-69-64(53-27-15-19-31-60(53)75(69)50-36-34-47(72-7)35-37-50)68-65(70(66)76)52-26-14-18-30-59(52)74(68)49-24-12-9-13-25-49;1-38(2)41-35-49(39(3)4)61(50(36-41)40(5)6)65-51-24-14-18-28-56(51)70-57-37-45(33-34-52(57)65)69-55-27-17-13-23-48(55)60-63-58(47-22-12-16-26-54(47)68(63)44-31-29-42(66-7)30-32-44)62-59(64(60)69)46-21-11-15-25-53(46)67(62)43-19-9-8-10-20-43/h8-45H,1-6H3;8-40H,1-6H3. The third-order valence-corrected chi connectivity index (χ3v) is 32.6. The van der Waals surface area contributed by atoms with E-state index in [1.165, 1.54) is 169 Å². The Bertz CT molecular complexity index is 9710. The smallest absolute Gasteiger partial charge is 0.247 e. The predicted molar refractivity (Wildman–Crippen MR) is 623 cm³/mol. The van der Waals surface area contributed by atoms with Gasteiger partial charge in [-0.2, -0.15) is 0 Å². The summed E-state index contributed by atoms with van der Waals surface area (Å²) in [6.45, 7) is 44.1. The topological polar surface area (TPSA) is 41.5 Å². The third-order valence-electron chi connectivity index (χ3n) is 31.4. The fourth-order valence-corrected chi connectivity index (χ4v) is 26.2. The van der Waals surface area contributed by atoms with Gasteiger partial charge in [-0.25, -0.2) is 9.69 Å². The first-order valence-electron chi connectivity index (χ1n) is 51.7. The highest BCUT2D eigenvalue weighted by Gasteiger charge is 2.42. The predicted octanol–water partition coefficient (Wildman–Crippen LogP) is 33.1. The van der Waals surface area contributed by atoms with Gasteiger partial charge in [0.2, 0.25) is 13.4 Å². The van der Waals surface area contributed by atoms with Gasteiger partial charge in [0, 0.05) is 126 Å². The molecular formula is C134H107B2N9S. The highest BCUT2D eigenvalue weighted by Crippen LogP contribution is 2.55. The van der Waals surface area contributed by atoms with Crippen LogP contribution in [0.25, 0.3) is 175 Å². The van der Waals surface area contributed by atoms with E-state index in [1.54, 1.807) is 0 Å². The number of fused-ring (bicyclic) bond motifs is 28. The molecule has 0 radical (unpaired) electrons. The van der Waals surface area contributed by atoms with Crippen LogP contribution >= 0.6 is 11.8 Å². The summed E-state index contributed by atoms with van der Waals surface area (Å²) in [4.78, 5) is 12.7. The molecule has 9 nitrogen and oxygen atoms in total. The van der Waals surface area contributed by atoms with Gasteiger partial charge in [-0.05, 0) is 213 Å². The Morgan fingerprint density at radius 2 is 0.479 bits per heavy atom. The lowest BCUT2D eigenvalue weighted by atomic mass is 9.33. The summed E-state index contributed by atoms with van der Waals surface area (Å²) in [5.74, 6) is 2.24. The second kappa shape index (κ2) is 35.1. The van der Waals surface area contributed by atoms with Crippen molar-refractivity contribution in [2.45, 2.75) is 128 Å². The molecule has 27 rings (SSSR count). The quantitative estimate of drug-likeness (QED) is 0.0758. The summed E-state index contributed by atoms with van der Waals surface area (Å²) in [5.41, 5.74) is 42.0. The van der Waals surface area contributed by atoms with Crippen molar-refractivity contribution in [2.75, 3.05) is 4.90 Å². The minimum absolute atomic E-state index is 0.00509. The molecule has 19 aromatic carbocycles. The van der Waals surface area contributed by atoms with E-state index in [2.05, 4.69) is 495 Å². The molecule has 0 aliphatic carbocycles. The van der Waals surface area contributed by atoms with Crippen LogP contribution < -0.4 is 37.7 Å². The zero-order chi connectivity index (χ0) is 99.0. The second-order valence-corrected chi connectivity index (χ2v) is 42.8. The number of benzene rings is 19. The Morgan fingerprint density at radius 3 is 0.822 bits per heavy atom. The van der Waals surface area contributed by atoms with E-state index >= 15 is 0 Å². The summed E-state index contributed by atoms with van der Waals surface area (Å²) in [6.07, 6.45) is 0. The number of hydrogen-bond acceptors (Lipinski definition) is 2. The van der Waals surface area contributed by atoms with Crippen molar-refractivity contribution in [3.8, 4) is 34.1 Å². The lowest BCUT2D eigenvalue weighted by Gasteiger charge is -2.39. The van der Waals surface area contributed by atoms with Crippen molar-refractivity contribution < 1.29 is 0 Å². The Morgan fingerprint density at radius 1 is 0.219 bits per heavy atom. The van der Waals surface area contributed by atoms with Gasteiger partial charge >= 0.3 is 0 Å². The van der Waals surface area contributed by atoms with Crippen LogP contribution in [0.2, 0.25) is 0 Å². The van der Waals surface area contributed by atoms with Crippen molar-refractivity contribution in [1.29, 1.82) is 0 Å². The van der Waals surface area contributed by atoms with E-state index in [0.717, 1.165) is 89.5 Å². The molecule has 0 N–H and O–H groups in total. The zero-order valence-electron chi connectivity index (χ0n) is 84.1. The van der Waals surface area contributed by atoms with E-state index in [9.17, 15) is 0 Å². The molecule has 0 bridgehead atoms. The molecule has 700 valence electrons. The Labute approximate surface area is 856 Å². The molecule has 0 saturated carbocycles. The molecule has 146 heavy (non-hydrogen) atoms. The average molecular weight is 1900 g/mol. The molecular weight excluding hydrogens is 1790 g/mol. The average Bonchev–Trinajstić information content (AvgIpc) is 1.51. The summed E-state index contributed by atoms with van der Waals surface area (Å²) < 4.78 is 15.1. The van der Waals surface area contributed by atoms with Crippen molar-refractivity contribution in [3.05, 3.63) is 451 Å². The van der Waals surface area contributed by atoms with Crippen molar-refractivity contribution in [1.82, 2.24) is 27.4 Å². The van der Waals surface area contributed by atoms with E-state index in [4.69, 9.17) is 13.1 Å². The molecule has 12 heteroatoms. The number of nitrogens with zero attached hydrogens (tertiary/aromatic N) is 9. The highest BCUT2D eigenvalue weighted by molar-refractivity contribution is 8.00. The minimum Gasteiger partial charge on any atom is -0.311 e. The fourth-order valence-electron chi connectivity index (χ4n) is 25.0. The van der Waals surface area contributed by atoms with Crippen molar-refractivity contribution in [3.63, 3.8) is 0 Å². The zero-order valence-corrected chi connectivity index (χ0v) is 84.9. The van der Waals surface area contributed by atoms with Crippen molar-refractivity contribution in [2.24, 2.45) is 0 Å². The number of aromatic nitrogens is 6. The van der Waals surface area contributed by atoms with Crippen LogP contribution in [0, 0.1) is 13.1 Å². The molecule has 0 spiro atoms. The van der Waals surface area contributed by atoms with Gasteiger partial charge in [-0.1, -0.05) is 378 Å². The number of para-hydroxylation sites is 10. The third kappa shape index (κ3) is 13.7. The minimum atomic E-state index is -0.00509. The molecule has 8 heterocycles. The van der Waals surface area contributed by atoms with Crippen LogP contribution in [0.4, 0.5) is 28.4 Å². The van der Waals surface area contributed by atoms with Gasteiger partial charge in [0.05, 0.1) is 79.3 Å². The second-order valence-electron chi connectivity index (χ2n) is 41.7. The SMILES string of the molecule is [C-]#[N+]c1ccc(-n2c3ccccc3c3c2c2c4ccccc4n(-c4ccc5c(c4)N(c4ccccc4)c4ccccc4B5c4c(C(C)C)cc(C(C)C)cc4C(C)C)c2c2c4ccccc4n(-c4ccccc4)c32)cc1.[C-]#[N+]c1ccc(-n2c3ccccc3c3c2c2c4ccccc4n(-c4ccc5c(c4)Sc4ccccc4B5c4c(C(C)C)cc(C(C)C)cc4C(C)C)c2c2c4ccccc4n(-c4ccccc4)c32)cc1. The van der Waals surface area contributed by atoms with Crippen LogP contribution in [0.1, 0.15) is 152 Å². The molecule has 0 atom stereocenters. The maximum atomic E-state index is 7.88.